The highest BCUT2D eigenvalue weighted by molar-refractivity contribution is 7.91. The van der Waals surface area contributed by atoms with E-state index in [0.717, 1.165) is 0 Å². The molecule has 4 nitrogen and oxygen atoms in total. The lowest BCUT2D eigenvalue weighted by Gasteiger charge is -2.15. The number of fused-ring (bicyclic) bond motifs is 3. The van der Waals surface area contributed by atoms with Crippen LogP contribution < -0.4 is 5.32 Å². The molecule has 0 aliphatic carbocycles. The second-order valence-corrected chi connectivity index (χ2v) is 7.74. The number of carbonyl (C=O) groups excluding carboxylic acids is 1. The van der Waals surface area contributed by atoms with Gasteiger partial charge in [-0.25, -0.2) is 8.42 Å². The maximum atomic E-state index is 13.2. The molecule has 0 fully saturated rings. The number of ketones is 1. The molecule has 0 aromatic heterocycles. The third-order valence-corrected chi connectivity index (χ3v) is 6.12. The zero-order valence-corrected chi connectivity index (χ0v) is 14.1. The molecule has 124 valence electrons. The molecule has 0 unspecified atom stereocenters. The largest absolute Gasteiger partial charge is 0.377 e. The van der Waals surface area contributed by atoms with Gasteiger partial charge < -0.3 is 5.32 Å². The summed E-state index contributed by atoms with van der Waals surface area (Å²) in [5, 5.41) is 3.07. The Morgan fingerprint density at radius 3 is 2.20 bits per heavy atom. The Morgan fingerprint density at radius 2 is 1.44 bits per heavy atom. The predicted molar refractivity (Wildman–Crippen MR) is 96.6 cm³/mol. The van der Waals surface area contributed by atoms with Gasteiger partial charge in [0.1, 0.15) is 0 Å². The molecule has 1 N–H and O–H groups in total. The Hall–Kier alpha value is -2.92. The molecule has 0 atom stereocenters. The Bertz CT molecular complexity index is 1070. The number of anilines is 1. The van der Waals surface area contributed by atoms with E-state index in [0.29, 0.717) is 22.4 Å². The molecule has 0 saturated carbocycles. The first-order valence-corrected chi connectivity index (χ1v) is 9.37. The first kappa shape index (κ1) is 15.6. The number of Topliss-reactive ketones (excluding diaryl/α,β-unsaturated/α-hetero) is 1. The number of sulfone groups is 1. The third-order valence-electron chi connectivity index (χ3n) is 4.31. The van der Waals surface area contributed by atoms with E-state index in [2.05, 4.69) is 5.32 Å². The molecule has 1 aliphatic heterocycles. The van der Waals surface area contributed by atoms with Gasteiger partial charge in [0.25, 0.3) is 0 Å². The quantitative estimate of drug-likeness (QED) is 0.764. The summed E-state index contributed by atoms with van der Waals surface area (Å²) in [5.41, 5.74) is 2.37. The van der Waals surface area contributed by atoms with E-state index < -0.39 is 9.84 Å². The summed E-state index contributed by atoms with van der Waals surface area (Å²) in [6, 6.07) is 20.6. The summed E-state index contributed by atoms with van der Waals surface area (Å²) in [6.45, 7) is 0.138. The van der Waals surface area contributed by atoms with Crippen LogP contribution in [0.15, 0.2) is 82.6 Å². The van der Waals surface area contributed by atoms with Crippen LogP contribution in [-0.4, -0.2) is 20.7 Å². The van der Waals surface area contributed by atoms with Gasteiger partial charge in [-0.1, -0.05) is 48.5 Å². The lowest BCUT2D eigenvalue weighted by molar-refractivity contribution is 0.101. The molecule has 0 spiro atoms. The first-order valence-electron chi connectivity index (χ1n) is 7.88. The minimum absolute atomic E-state index is 0.0603. The van der Waals surface area contributed by atoms with Crippen LogP contribution in [0, 0.1) is 0 Å². The Morgan fingerprint density at radius 1 is 0.760 bits per heavy atom. The minimum atomic E-state index is -3.71. The van der Waals surface area contributed by atoms with Crippen molar-refractivity contribution in [2.45, 2.75) is 9.79 Å². The highest BCUT2D eigenvalue weighted by Crippen LogP contribution is 2.40. The van der Waals surface area contributed by atoms with Crippen molar-refractivity contribution >= 4 is 21.3 Å². The van der Waals surface area contributed by atoms with Crippen molar-refractivity contribution in [2.24, 2.45) is 0 Å². The lowest BCUT2D eigenvalue weighted by Crippen LogP contribution is -2.11. The number of rotatable bonds is 2. The van der Waals surface area contributed by atoms with E-state index in [1.54, 1.807) is 66.7 Å². The van der Waals surface area contributed by atoms with Crippen LogP contribution in [0.2, 0.25) is 0 Å². The van der Waals surface area contributed by atoms with Crippen molar-refractivity contribution in [1.82, 2.24) is 0 Å². The fourth-order valence-corrected chi connectivity index (χ4v) is 4.64. The highest BCUT2D eigenvalue weighted by Gasteiger charge is 2.28. The van der Waals surface area contributed by atoms with Crippen LogP contribution in [0.5, 0.6) is 0 Å². The molecule has 0 amide bonds. The number of carbonyl (C=O) groups is 1. The molecule has 0 bridgehead atoms. The Kier molecular flexibility index (Phi) is 3.66. The monoisotopic (exact) mass is 349 g/mol. The van der Waals surface area contributed by atoms with Crippen molar-refractivity contribution in [1.29, 1.82) is 0 Å². The van der Waals surface area contributed by atoms with Crippen LogP contribution in [0.3, 0.4) is 0 Å². The van der Waals surface area contributed by atoms with Gasteiger partial charge in [-0.05, 0) is 29.8 Å². The summed E-state index contributed by atoms with van der Waals surface area (Å²) >= 11 is 0. The summed E-state index contributed by atoms with van der Waals surface area (Å²) in [5.74, 6) is -0.0603. The molecular weight excluding hydrogens is 334 g/mol. The van der Waals surface area contributed by atoms with E-state index in [9.17, 15) is 13.2 Å². The van der Waals surface area contributed by atoms with Crippen LogP contribution in [0.4, 0.5) is 5.69 Å². The fourth-order valence-electron chi connectivity index (χ4n) is 3.12. The number of nitrogens with one attached hydrogen (secondary N) is 1. The van der Waals surface area contributed by atoms with Crippen molar-refractivity contribution in [3.05, 3.63) is 78.4 Å². The second kappa shape index (κ2) is 5.86. The molecule has 1 heterocycles. The first-order chi connectivity index (χ1) is 12.1. The van der Waals surface area contributed by atoms with Crippen LogP contribution in [-0.2, 0) is 9.84 Å². The number of benzene rings is 3. The molecule has 0 saturated heterocycles. The molecule has 5 heteroatoms. The molecule has 4 rings (SSSR count). The number of hydrogen-bond acceptors (Lipinski definition) is 4. The van der Waals surface area contributed by atoms with E-state index in [1.165, 1.54) is 0 Å². The molecule has 1 aliphatic rings. The SMILES string of the molecule is O=C1CNc2cccc(S(=O)(=O)c3ccccc3)c2-c2ccccc21. The van der Waals surface area contributed by atoms with E-state index in [4.69, 9.17) is 0 Å². The van der Waals surface area contributed by atoms with Gasteiger partial charge >= 0.3 is 0 Å². The van der Waals surface area contributed by atoms with Gasteiger partial charge in [0.05, 0.1) is 16.3 Å². The van der Waals surface area contributed by atoms with Crippen molar-refractivity contribution in [3.8, 4) is 11.1 Å². The summed E-state index contributed by atoms with van der Waals surface area (Å²) in [4.78, 5) is 12.8. The molecule has 3 aromatic rings. The minimum Gasteiger partial charge on any atom is -0.377 e. The van der Waals surface area contributed by atoms with Gasteiger partial charge in [0, 0.05) is 16.8 Å². The zero-order chi connectivity index (χ0) is 17.4. The highest BCUT2D eigenvalue weighted by atomic mass is 32.2. The van der Waals surface area contributed by atoms with Crippen molar-refractivity contribution in [3.63, 3.8) is 0 Å². The zero-order valence-electron chi connectivity index (χ0n) is 13.3. The van der Waals surface area contributed by atoms with Crippen LogP contribution in [0.1, 0.15) is 10.4 Å². The topological polar surface area (TPSA) is 63.2 Å². The van der Waals surface area contributed by atoms with Gasteiger partial charge in [0.15, 0.2) is 5.78 Å². The van der Waals surface area contributed by atoms with E-state index in [1.807, 2.05) is 6.07 Å². The predicted octanol–water partition coefficient (Wildman–Crippen LogP) is 3.79. The molecular formula is C20H15NO3S. The summed E-state index contributed by atoms with van der Waals surface area (Å²) in [7, 11) is -3.71. The normalized spacial score (nSPS) is 13.4. The second-order valence-electron chi connectivity index (χ2n) is 5.82. The van der Waals surface area contributed by atoms with Gasteiger partial charge in [0.2, 0.25) is 9.84 Å². The summed E-state index contributed by atoms with van der Waals surface area (Å²) < 4.78 is 26.4. The van der Waals surface area contributed by atoms with Gasteiger partial charge in [-0.2, -0.15) is 0 Å². The average molecular weight is 349 g/mol. The Labute approximate surface area is 146 Å². The van der Waals surface area contributed by atoms with Crippen LogP contribution in [0.25, 0.3) is 11.1 Å². The fraction of sp³-hybridized carbons (Fsp3) is 0.0500. The maximum absolute atomic E-state index is 13.2. The van der Waals surface area contributed by atoms with Crippen molar-refractivity contribution < 1.29 is 13.2 Å². The third kappa shape index (κ3) is 2.53. The van der Waals surface area contributed by atoms with Crippen LogP contribution >= 0.6 is 0 Å². The average Bonchev–Trinajstić information content (AvgIpc) is 2.80. The van der Waals surface area contributed by atoms with Gasteiger partial charge in [-0.3, -0.25) is 4.79 Å². The Balaban J connectivity index is 2.04. The van der Waals surface area contributed by atoms with Crippen molar-refractivity contribution in [2.75, 3.05) is 11.9 Å². The standard InChI is InChI=1S/C20H15NO3S/c22-18-13-21-17-11-6-12-19(20(17)16-10-5-4-9-15(16)18)25(23,24)14-7-2-1-3-8-14/h1-12,21H,13H2. The molecule has 0 radical (unpaired) electrons. The summed E-state index contributed by atoms with van der Waals surface area (Å²) in [6.07, 6.45) is 0. The number of hydrogen-bond donors (Lipinski definition) is 1. The van der Waals surface area contributed by atoms with E-state index >= 15 is 0 Å². The van der Waals surface area contributed by atoms with Gasteiger partial charge in [-0.15, -0.1) is 0 Å². The lowest BCUT2D eigenvalue weighted by atomic mass is 9.97. The van der Waals surface area contributed by atoms with E-state index in [-0.39, 0.29) is 22.1 Å². The molecule has 25 heavy (non-hydrogen) atoms. The smallest absolute Gasteiger partial charge is 0.207 e. The maximum Gasteiger partial charge on any atom is 0.207 e. The molecule has 3 aromatic carbocycles.